The molecule has 1 heterocycles. The van der Waals surface area contributed by atoms with Crippen LogP contribution >= 0.6 is 35.7 Å². The number of guanidine groups is 1. The monoisotopic (exact) mass is 523 g/mol. The Morgan fingerprint density at radius 2 is 2.11 bits per heavy atom. The molecular formula is C20H34IN3O3S. The van der Waals surface area contributed by atoms with Crippen LogP contribution in [0.15, 0.2) is 23.2 Å². The molecule has 0 amide bonds. The standard InChI is InChI=1S/C20H33N3O3S.HI/c1-6-21-20(23-9-10-27-19(13-23)14(2)3)22-12-17(24)16-11-15(25-4)7-8-18(16)26-5;/h7-8,11,14,17,19,24H,6,9-10,12-13H2,1-5H3,(H,21,22);1H. The van der Waals surface area contributed by atoms with Crippen molar-refractivity contribution in [3.05, 3.63) is 23.8 Å². The number of halogens is 1. The molecule has 160 valence electrons. The fourth-order valence-electron chi connectivity index (χ4n) is 3.07. The molecule has 0 radical (unpaired) electrons. The van der Waals surface area contributed by atoms with Crippen LogP contribution in [0, 0.1) is 5.92 Å². The van der Waals surface area contributed by atoms with Crippen LogP contribution in [0.3, 0.4) is 0 Å². The molecule has 28 heavy (non-hydrogen) atoms. The van der Waals surface area contributed by atoms with Crippen molar-refractivity contribution in [1.82, 2.24) is 10.2 Å². The van der Waals surface area contributed by atoms with Crippen LogP contribution < -0.4 is 14.8 Å². The minimum Gasteiger partial charge on any atom is -0.497 e. The van der Waals surface area contributed by atoms with Crippen LogP contribution in [-0.4, -0.2) is 67.4 Å². The summed E-state index contributed by atoms with van der Waals surface area (Å²) in [4.78, 5) is 7.02. The number of methoxy groups -OCH3 is 2. The topological polar surface area (TPSA) is 66.3 Å². The first-order chi connectivity index (χ1) is 13.0. The Kier molecular flexibility index (Phi) is 11.4. The van der Waals surface area contributed by atoms with E-state index in [1.165, 1.54) is 0 Å². The number of rotatable bonds is 7. The molecular weight excluding hydrogens is 489 g/mol. The lowest BCUT2D eigenvalue weighted by molar-refractivity contribution is 0.181. The summed E-state index contributed by atoms with van der Waals surface area (Å²) in [6.45, 7) is 9.62. The molecule has 2 N–H and O–H groups in total. The fraction of sp³-hybridized carbons (Fsp3) is 0.650. The van der Waals surface area contributed by atoms with E-state index in [2.05, 4.69) is 31.0 Å². The largest absolute Gasteiger partial charge is 0.497 e. The highest BCUT2D eigenvalue weighted by Crippen LogP contribution is 2.30. The van der Waals surface area contributed by atoms with Gasteiger partial charge in [0, 0.05) is 36.2 Å². The quantitative estimate of drug-likeness (QED) is 0.325. The van der Waals surface area contributed by atoms with Crippen molar-refractivity contribution in [3.63, 3.8) is 0 Å². The molecule has 1 aromatic carbocycles. The summed E-state index contributed by atoms with van der Waals surface area (Å²) in [6, 6.07) is 5.43. The Bertz CT molecular complexity index is 631. The van der Waals surface area contributed by atoms with Gasteiger partial charge in [-0.05, 0) is 31.0 Å². The van der Waals surface area contributed by atoms with Gasteiger partial charge in [0.2, 0.25) is 0 Å². The van der Waals surface area contributed by atoms with E-state index in [9.17, 15) is 5.11 Å². The maximum atomic E-state index is 10.7. The number of benzene rings is 1. The van der Waals surface area contributed by atoms with Gasteiger partial charge in [-0.15, -0.1) is 24.0 Å². The summed E-state index contributed by atoms with van der Waals surface area (Å²) in [5, 5.41) is 14.7. The zero-order valence-corrected chi connectivity index (χ0v) is 20.6. The number of aliphatic imine (C=N–C) groups is 1. The molecule has 0 bridgehead atoms. The van der Waals surface area contributed by atoms with Gasteiger partial charge < -0.3 is 24.8 Å². The second-order valence-corrected chi connectivity index (χ2v) is 8.26. The number of aliphatic hydroxyl groups is 1. The van der Waals surface area contributed by atoms with E-state index >= 15 is 0 Å². The van der Waals surface area contributed by atoms with Crippen LogP contribution in [0.1, 0.15) is 32.4 Å². The third-order valence-electron chi connectivity index (χ3n) is 4.68. The minimum atomic E-state index is -0.760. The number of hydrogen-bond donors (Lipinski definition) is 2. The summed E-state index contributed by atoms with van der Waals surface area (Å²) >= 11 is 2.04. The zero-order valence-electron chi connectivity index (χ0n) is 17.5. The van der Waals surface area contributed by atoms with E-state index in [1.54, 1.807) is 26.4 Å². The number of aliphatic hydroxyl groups excluding tert-OH is 1. The SMILES string of the molecule is CCNC(=NCC(O)c1cc(OC)ccc1OC)N1CCSC(C(C)C)C1.I. The summed E-state index contributed by atoms with van der Waals surface area (Å²) in [7, 11) is 3.21. The highest BCUT2D eigenvalue weighted by Gasteiger charge is 2.25. The normalized spacial score (nSPS) is 18.5. The van der Waals surface area contributed by atoms with Crippen LogP contribution in [0.2, 0.25) is 0 Å². The Morgan fingerprint density at radius 1 is 1.36 bits per heavy atom. The highest BCUT2D eigenvalue weighted by molar-refractivity contribution is 14.0. The van der Waals surface area contributed by atoms with Crippen molar-refractivity contribution in [3.8, 4) is 11.5 Å². The van der Waals surface area contributed by atoms with Crippen molar-refractivity contribution < 1.29 is 14.6 Å². The van der Waals surface area contributed by atoms with Gasteiger partial charge in [0.05, 0.1) is 20.8 Å². The number of ether oxygens (including phenoxy) is 2. The minimum absolute atomic E-state index is 0. The van der Waals surface area contributed by atoms with Crippen molar-refractivity contribution in [2.24, 2.45) is 10.9 Å². The van der Waals surface area contributed by atoms with Gasteiger partial charge in [-0.3, -0.25) is 4.99 Å². The molecule has 1 aliphatic heterocycles. The van der Waals surface area contributed by atoms with Gasteiger partial charge in [-0.1, -0.05) is 13.8 Å². The summed E-state index contributed by atoms with van der Waals surface area (Å²) in [6.07, 6.45) is -0.760. The maximum absolute atomic E-state index is 10.7. The van der Waals surface area contributed by atoms with E-state index in [-0.39, 0.29) is 30.5 Å². The van der Waals surface area contributed by atoms with Crippen LogP contribution in [0.5, 0.6) is 11.5 Å². The van der Waals surface area contributed by atoms with Gasteiger partial charge in [-0.25, -0.2) is 0 Å². The van der Waals surface area contributed by atoms with Crippen molar-refractivity contribution in [2.75, 3.05) is 46.2 Å². The third-order valence-corrected chi connectivity index (χ3v) is 6.22. The smallest absolute Gasteiger partial charge is 0.194 e. The Labute approximate surface area is 190 Å². The average Bonchev–Trinajstić information content (AvgIpc) is 2.70. The van der Waals surface area contributed by atoms with Gasteiger partial charge >= 0.3 is 0 Å². The Hall–Kier alpha value is -0.870. The number of nitrogens with one attached hydrogen (secondary N) is 1. The molecule has 0 spiro atoms. The van der Waals surface area contributed by atoms with Gasteiger partial charge in [0.25, 0.3) is 0 Å². The fourth-order valence-corrected chi connectivity index (χ4v) is 4.37. The molecule has 1 aliphatic rings. The second-order valence-electron chi connectivity index (χ2n) is 6.92. The lowest BCUT2D eigenvalue weighted by Gasteiger charge is -2.36. The molecule has 0 aliphatic carbocycles. The molecule has 2 atom stereocenters. The van der Waals surface area contributed by atoms with Crippen molar-refractivity contribution in [1.29, 1.82) is 0 Å². The average molecular weight is 523 g/mol. The molecule has 1 aromatic rings. The molecule has 0 saturated carbocycles. The Balaban J connectivity index is 0.00000392. The maximum Gasteiger partial charge on any atom is 0.194 e. The number of nitrogens with zero attached hydrogens (tertiary/aromatic N) is 2. The van der Waals surface area contributed by atoms with E-state index in [0.29, 0.717) is 28.2 Å². The predicted octanol–water partition coefficient (Wildman–Crippen LogP) is 3.39. The molecule has 6 nitrogen and oxygen atoms in total. The van der Waals surface area contributed by atoms with Crippen LogP contribution in [0.25, 0.3) is 0 Å². The molecule has 8 heteroatoms. The van der Waals surface area contributed by atoms with Crippen molar-refractivity contribution >= 4 is 41.7 Å². The van der Waals surface area contributed by atoms with Gasteiger partial charge in [-0.2, -0.15) is 11.8 Å². The molecule has 0 aromatic heterocycles. The lowest BCUT2D eigenvalue weighted by atomic mass is 10.1. The van der Waals surface area contributed by atoms with E-state index < -0.39 is 6.10 Å². The first kappa shape index (κ1) is 25.2. The summed E-state index contributed by atoms with van der Waals surface area (Å²) < 4.78 is 10.7. The van der Waals surface area contributed by atoms with Crippen LogP contribution in [0.4, 0.5) is 0 Å². The molecule has 2 rings (SSSR count). The van der Waals surface area contributed by atoms with Crippen LogP contribution in [-0.2, 0) is 0 Å². The van der Waals surface area contributed by atoms with E-state index in [1.807, 2.05) is 17.8 Å². The Morgan fingerprint density at radius 3 is 2.71 bits per heavy atom. The number of hydrogen-bond acceptors (Lipinski definition) is 5. The van der Waals surface area contributed by atoms with Gasteiger partial charge in [0.15, 0.2) is 5.96 Å². The second kappa shape index (κ2) is 12.6. The highest BCUT2D eigenvalue weighted by atomic mass is 127. The molecule has 1 fully saturated rings. The predicted molar refractivity (Wildman–Crippen MR) is 129 cm³/mol. The number of thioether (sulfide) groups is 1. The third kappa shape index (κ3) is 6.88. The zero-order chi connectivity index (χ0) is 19.8. The van der Waals surface area contributed by atoms with E-state index in [4.69, 9.17) is 14.5 Å². The van der Waals surface area contributed by atoms with E-state index in [0.717, 1.165) is 31.3 Å². The summed E-state index contributed by atoms with van der Waals surface area (Å²) in [5.41, 5.74) is 0.686. The summed E-state index contributed by atoms with van der Waals surface area (Å²) in [5.74, 6) is 3.92. The van der Waals surface area contributed by atoms with Gasteiger partial charge in [0.1, 0.15) is 17.6 Å². The first-order valence-corrected chi connectivity index (χ1v) is 10.6. The molecule has 2 unspecified atom stereocenters. The molecule has 1 saturated heterocycles. The lowest BCUT2D eigenvalue weighted by Crippen LogP contribution is -2.49. The first-order valence-electron chi connectivity index (χ1n) is 9.55. The van der Waals surface area contributed by atoms with Crippen molar-refractivity contribution in [2.45, 2.75) is 32.1 Å².